The number of fused-ring (bicyclic) bond motifs is 1. The molecule has 2 aromatic rings. The first-order valence-electron chi connectivity index (χ1n) is 4.07. The van der Waals surface area contributed by atoms with Crippen LogP contribution in [-0.2, 0) is 0 Å². The molecule has 0 atom stereocenters. The van der Waals surface area contributed by atoms with E-state index in [1.165, 1.54) is 0 Å². The van der Waals surface area contributed by atoms with Crippen LogP contribution in [0.1, 0.15) is 5.69 Å². The second-order valence-corrected chi connectivity index (χ2v) is 3.85. The Kier molecular flexibility index (Phi) is 3.66. The van der Waals surface area contributed by atoms with E-state index in [1.54, 1.807) is 6.20 Å². The molecule has 1 aromatic carbocycles. The van der Waals surface area contributed by atoms with Gasteiger partial charge in [-0.15, -0.1) is 12.4 Å². The zero-order valence-electron chi connectivity index (χ0n) is 7.70. The molecule has 0 aliphatic carbocycles. The van der Waals surface area contributed by atoms with Crippen LogP contribution >= 0.6 is 28.3 Å². The molecule has 0 aliphatic heterocycles. The number of nitrogens with zero attached hydrogens (tertiary/aromatic N) is 1. The van der Waals surface area contributed by atoms with E-state index in [2.05, 4.69) is 20.9 Å². The molecule has 1 heterocycles. The van der Waals surface area contributed by atoms with Gasteiger partial charge in [0.05, 0.1) is 0 Å². The zero-order valence-corrected chi connectivity index (χ0v) is 10.1. The fourth-order valence-corrected chi connectivity index (χ4v) is 1.74. The number of hydrogen-bond acceptors (Lipinski definition) is 2. The van der Waals surface area contributed by atoms with Gasteiger partial charge in [0, 0.05) is 16.1 Å². The van der Waals surface area contributed by atoms with Gasteiger partial charge >= 0.3 is 0 Å². The predicted octanol–water partition coefficient (Wildman–Crippen LogP) is 2.70. The summed E-state index contributed by atoms with van der Waals surface area (Å²) in [5.74, 6) is -0.00192. The summed E-state index contributed by atoms with van der Waals surface area (Å²) in [6, 6.07) is 7.69. The van der Waals surface area contributed by atoms with Gasteiger partial charge in [-0.2, -0.15) is 0 Å². The minimum Gasteiger partial charge on any atom is -0.382 e. The molecule has 2 rings (SSSR count). The molecule has 3 N–H and O–H groups in total. The van der Waals surface area contributed by atoms with Crippen LogP contribution in [0.25, 0.3) is 10.8 Å². The maximum atomic E-state index is 7.37. The molecule has 0 saturated carbocycles. The van der Waals surface area contributed by atoms with Crippen molar-refractivity contribution in [1.29, 1.82) is 5.41 Å². The lowest BCUT2D eigenvalue weighted by atomic mass is 10.1. The normalized spacial score (nSPS) is 9.67. The molecule has 0 amide bonds. The van der Waals surface area contributed by atoms with E-state index in [9.17, 15) is 0 Å². The standard InChI is InChI=1S/C10H8BrN3.ClH/c11-7-1-2-8-6(5-7)3-4-14-9(8)10(12)13;/h1-5H,(H3,12,13);1H. The van der Waals surface area contributed by atoms with Crippen LogP contribution in [0.2, 0.25) is 0 Å². The monoisotopic (exact) mass is 285 g/mol. The first kappa shape index (κ1) is 11.9. The van der Waals surface area contributed by atoms with Crippen molar-refractivity contribution in [3.63, 3.8) is 0 Å². The van der Waals surface area contributed by atoms with Crippen LogP contribution < -0.4 is 5.73 Å². The second-order valence-electron chi connectivity index (χ2n) is 2.94. The van der Waals surface area contributed by atoms with Crippen LogP contribution in [0, 0.1) is 5.41 Å². The summed E-state index contributed by atoms with van der Waals surface area (Å²) in [5, 5.41) is 9.31. The molecule has 0 spiro atoms. The smallest absolute Gasteiger partial charge is 0.142 e. The van der Waals surface area contributed by atoms with Gasteiger partial charge in [-0.3, -0.25) is 10.4 Å². The van der Waals surface area contributed by atoms with Crippen molar-refractivity contribution in [3.8, 4) is 0 Å². The average molecular weight is 287 g/mol. The van der Waals surface area contributed by atoms with Crippen molar-refractivity contribution in [3.05, 3.63) is 40.6 Å². The van der Waals surface area contributed by atoms with Gasteiger partial charge in [0.15, 0.2) is 0 Å². The van der Waals surface area contributed by atoms with E-state index in [0.29, 0.717) is 5.69 Å². The fraction of sp³-hybridized carbons (Fsp3) is 0. The third kappa shape index (κ3) is 2.27. The number of benzene rings is 1. The molecule has 1 aromatic heterocycles. The largest absolute Gasteiger partial charge is 0.382 e. The van der Waals surface area contributed by atoms with E-state index in [-0.39, 0.29) is 18.2 Å². The van der Waals surface area contributed by atoms with Gasteiger partial charge in [0.25, 0.3) is 0 Å². The highest BCUT2D eigenvalue weighted by atomic mass is 79.9. The highest BCUT2D eigenvalue weighted by Crippen LogP contribution is 2.21. The van der Waals surface area contributed by atoms with Gasteiger partial charge in [-0.25, -0.2) is 0 Å². The SMILES string of the molecule is Cl.N=C(N)c1nccc2cc(Br)ccc12. The minimum atomic E-state index is -0.00192. The first-order chi connectivity index (χ1) is 6.68. The molecule has 15 heavy (non-hydrogen) atoms. The first-order valence-corrected chi connectivity index (χ1v) is 4.86. The minimum absolute atomic E-state index is 0. The zero-order chi connectivity index (χ0) is 10.1. The number of amidine groups is 1. The maximum Gasteiger partial charge on any atom is 0.142 e. The van der Waals surface area contributed by atoms with Crippen molar-refractivity contribution in [1.82, 2.24) is 4.98 Å². The van der Waals surface area contributed by atoms with Gasteiger partial charge < -0.3 is 5.73 Å². The van der Waals surface area contributed by atoms with Gasteiger partial charge in [-0.1, -0.05) is 22.0 Å². The van der Waals surface area contributed by atoms with Crippen molar-refractivity contribution >= 4 is 44.9 Å². The summed E-state index contributed by atoms with van der Waals surface area (Å²) >= 11 is 3.39. The number of nitrogen functional groups attached to an aromatic ring is 1. The molecule has 0 unspecified atom stereocenters. The Hall–Kier alpha value is -1.13. The summed E-state index contributed by atoms with van der Waals surface area (Å²) in [5.41, 5.74) is 5.96. The van der Waals surface area contributed by atoms with Crippen molar-refractivity contribution < 1.29 is 0 Å². The number of nitrogens with two attached hydrogens (primary N) is 1. The molecule has 0 saturated heterocycles. The topological polar surface area (TPSA) is 62.8 Å². The Labute approximate surface area is 102 Å². The van der Waals surface area contributed by atoms with Gasteiger partial charge in [0.1, 0.15) is 11.5 Å². The number of aromatic nitrogens is 1. The second kappa shape index (κ2) is 4.59. The Morgan fingerprint density at radius 1 is 1.33 bits per heavy atom. The van der Waals surface area contributed by atoms with E-state index >= 15 is 0 Å². The highest BCUT2D eigenvalue weighted by Gasteiger charge is 2.04. The fourth-order valence-electron chi connectivity index (χ4n) is 1.36. The van der Waals surface area contributed by atoms with E-state index < -0.39 is 0 Å². The molecule has 0 bridgehead atoms. The lowest BCUT2D eigenvalue weighted by Gasteiger charge is -2.03. The number of rotatable bonds is 1. The van der Waals surface area contributed by atoms with Crippen molar-refractivity contribution in [2.45, 2.75) is 0 Å². The third-order valence-corrected chi connectivity index (χ3v) is 2.47. The molecular formula is C10H9BrClN3. The van der Waals surface area contributed by atoms with Gasteiger partial charge in [-0.05, 0) is 23.6 Å². The van der Waals surface area contributed by atoms with Crippen LogP contribution in [-0.4, -0.2) is 10.8 Å². The average Bonchev–Trinajstić information content (AvgIpc) is 2.16. The summed E-state index contributed by atoms with van der Waals surface area (Å²) in [6.07, 6.45) is 1.66. The van der Waals surface area contributed by atoms with E-state index in [4.69, 9.17) is 11.1 Å². The molecule has 3 nitrogen and oxygen atoms in total. The van der Waals surface area contributed by atoms with Crippen molar-refractivity contribution in [2.24, 2.45) is 5.73 Å². The number of nitrogens with one attached hydrogen (secondary N) is 1. The maximum absolute atomic E-state index is 7.37. The number of pyridine rings is 1. The Morgan fingerprint density at radius 3 is 2.73 bits per heavy atom. The van der Waals surface area contributed by atoms with Crippen molar-refractivity contribution in [2.75, 3.05) is 0 Å². The Bertz CT molecular complexity index is 513. The van der Waals surface area contributed by atoms with Gasteiger partial charge in [0.2, 0.25) is 0 Å². The molecular weight excluding hydrogens is 277 g/mol. The quantitative estimate of drug-likeness (QED) is 0.625. The van der Waals surface area contributed by atoms with Crippen LogP contribution in [0.5, 0.6) is 0 Å². The molecule has 0 radical (unpaired) electrons. The number of hydrogen-bond donors (Lipinski definition) is 2. The summed E-state index contributed by atoms with van der Waals surface area (Å²) < 4.78 is 1.01. The predicted molar refractivity (Wildman–Crippen MR) is 67.7 cm³/mol. The Balaban J connectivity index is 0.00000112. The molecule has 0 aliphatic rings. The van der Waals surface area contributed by atoms with E-state index in [0.717, 1.165) is 15.2 Å². The van der Waals surface area contributed by atoms with Crippen LogP contribution in [0.4, 0.5) is 0 Å². The summed E-state index contributed by atoms with van der Waals surface area (Å²) in [7, 11) is 0. The lowest BCUT2D eigenvalue weighted by Crippen LogP contribution is -2.13. The summed E-state index contributed by atoms with van der Waals surface area (Å²) in [6.45, 7) is 0. The third-order valence-electron chi connectivity index (χ3n) is 1.98. The van der Waals surface area contributed by atoms with E-state index in [1.807, 2.05) is 24.3 Å². The van der Waals surface area contributed by atoms with Crippen LogP contribution in [0.15, 0.2) is 34.9 Å². The Morgan fingerprint density at radius 2 is 2.07 bits per heavy atom. The molecule has 5 heteroatoms. The summed E-state index contributed by atoms with van der Waals surface area (Å²) in [4.78, 5) is 4.07. The lowest BCUT2D eigenvalue weighted by molar-refractivity contribution is 1.28. The molecule has 0 fully saturated rings. The number of halogens is 2. The highest BCUT2D eigenvalue weighted by molar-refractivity contribution is 9.10. The van der Waals surface area contributed by atoms with Crippen LogP contribution in [0.3, 0.4) is 0 Å². The molecule has 78 valence electrons.